The van der Waals surface area contributed by atoms with E-state index in [1.165, 1.54) is 48.5 Å². The van der Waals surface area contributed by atoms with Gasteiger partial charge < -0.3 is 10.4 Å². The van der Waals surface area contributed by atoms with E-state index in [1.807, 2.05) is 6.92 Å². The lowest BCUT2D eigenvalue weighted by atomic mass is 10.2. The molecule has 12 heteroatoms. The van der Waals surface area contributed by atoms with E-state index in [0.29, 0.717) is 9.99 Å². The minimum absolute atomic E-state index is 0.000805. The lowest BCUT2D eigenvalue weighted by molar-refractivity contribution is -0.116. The van der Waals surface area contributed by atoms with Crippen molar-refractivity contribution in [1.29, 1.82) is 0 Å². The second-order valence-electron chi connectivity index (χ2n) is 8.02. The number of benzene rings is 3. The minimum Gasteiger partial charge on any atom is -0.394 e. The zero-order valence-corrected chi connectivity index (χ0v) is 20.8. The molecule has 36 heavy (non-hydrogen) atoms. The number of aliphatic hydroxyl groups excluding tert-OH is 1. The van der Waals surface area contributed by atoms with E-state index in [-0.39, 0.29) is 34.2 Å². The number of aryl methyl sites for hydroxylation is 1. The number of anilines is 2. The van der Waals surface area contributed by atoms with E-state index in [9.17, 15) is 31.5 Å². The van der Waals surface area contributed by atoms with Crippen LogP contribution in [0.1, 0.15) is 15.9 Å². The van der Waals surface area contributed by atoms with Gasteiger partial charge in [-0.2, -0.15) is 0 Å². The molecule has 0 saturated carbocycles. The number of sulfonamides is 2. The molecular formula is C24H23N3O7S2. The molecule has 0 spiro atoms. The summed E-state index contributed by atoms with van der Waals surface area (Å²) in [6, 6.07) is 17.8. The molecule has 0 bridgehead atoms. The first-order valence-corrected chi connectivity index (χ1v) is 13.7. The SMILES string of the molecule is Cc1ccc(N(CCO)S(=O)(=O)c2ccc(NC(=O)CN3C(=O)c4ccccc4S3(=O)=O)cc2)cc1. The maximum atomic E-state index is 13.2. The van der Waals surface area contributed by atoms with Crippen LogP contribution in [0.15, 0.2) is 82.6 Å². The van der Waals surface area contributed by atoms with Gasteiger partial charge in [0.2, 0.25) is 5.91 Å². The number of rotatable bonds is 8. The number of fused-ring (bicyclic) bond motifs is 1. The second-order valence-corrected chi connectivity index (χ2v) is 11.7. The van der Waals surface area contributed by atoms with Crippen LogP contribution in [0.25, 0.3) is 0 Å². The normalized spacial score (nSPS) is 14.4. The van der Waals surface area contributed by atoms with Crippen LogP contribution in [0.2, 0.25) is 0 Å². The van der Waals surface area contributed by atoms with Crippen molar-refractivity contribution >= 4 is 43.2 Å². The van der Waals surface area contributed by atoms with Crippen molar-refractivity contribution in [2.45, 2.75) is 16.7 Å². The van der Waals surface area contributed by atoms with Gasteiger partial charge in [0.1, 0.15) is 11.4 Å². The molecule has 0 aromatic heterocycles. The Morgan fingerprint density at radius 3 is 2.25 bits per heavy atom. The van der Waals surface area contributed by atoms with Gasteiger partial charge in [0, 0.05) is 5.69 Å². The molecule has 0 saturated heterocycles. The van der Waals surface area contributed by atoms with Gasteiger partial charge in [-0.15, -0.1) is 0 Å². The molecule has 188 valence electrons. The molecule has 10 nitrogen and oxygen atoms in total. The summed E-state index contributed by atoms with van der Waals surface area (Å²) in [5, 5.41) is 11.9. The van der Waals surface area contributed by atoms with Gasteiger partial charge in [-0.25, -0.2) is 21.1 Å². The molecule has 3 aromatic rings. The Labute approximate surface area is 208 Å². The zero-order chi connectivity index (χ0) is 26.1. The smallest absolute Gasteiger partial charge is 0.269 e. The molecule has 1 heterocycles. The third-order valence-corrected chi connectivity index (χ3v) is 9.18. The highest BCUT2D eigenvalue weighted by Gasteiger charge is 2.41. The van der Waals surface area contributed by atoms with Crippen LogP contribution in [0.4, 0.5) is 11.4 Å². The lowest BCUT2D eigenvalue weighted by Gasteiger charge is -2.24. The third-order valence-electron chi connectivity index (χ3n) is 5.55. The maximum Gasteiger partial charge on any atom is 0.269 e. The van der Waals surface area contributed by atoms with Gasteiger partial charge in [0.05, 0.1) is 29.3 Å². The van der Waals surface area contributed by atoms with Crippen molar-refractivity contribution in [3.05, 3.63) is 83.9 Å². The molecule has 4 rings (SSSR count). The molecule has 0 radical (unpaired) electrons. The number of hydrogen-bond donors (Lipinski definition) is 2. The number of carbonyl (C=O) groups excluding carboxylic acids is 2. The van der Waals surface area contributed by atoms with Crippen molar-refractivity contribution in [1.82, 2.24) is 4.31 Å². The predicted octanol–water partition coefficient (Wildman–Crippen LogP) is 1.97. The highest BCUT2D eigenvalue weighted by Crippen LogP contribution is 2.30. The molecule has 3 aromatic carbocycles. The maximum absolute atomic E-state index is 13.2. The summed E-state index contributed by atoms with van der Waals surface area (Å²) in [5.41, 5.74) is 1.56. The number of aliphatic hydroxyl groups is 1. The van der Waals surface area contributed by atoms with E-state index in [1.54, 1.807) is 24.3 Å². The molecule has 2 amide bonds. The number of hydrogen-bond acceptors (Lipinski definition) is 7. The zero-order valence-electron chi connectivity index (χ0n) is 19.2. The van der Waals surface area contributed by atoms with Gasteiger partial charge in [0.15, 0.2) is 0 Å². The van der Waals surface area contributed by atoms with Crippen LogP contribution in [-0.4, -0.2) is 57.8 Å². The molecule has 0 atom stereocenters. The van der Waals surface area contributed by atoms with Crippen LogP contribution in [0.3, 0.4) is 0 Å². The summed E-state index contributed by atoms with van der Waals surface area (Å²) in [7, 11) is -8.15. The number of carbonyl (C=O) groups is 2. The van der Waals surface area contributed by atoms with Crippen LogP contribution in [-0.2, 0) is 24.8 Å². The van der Waals surface area contributed by atoms with E-state index < -0.39 is 38.4 Å². The van der Waals surface area contributed by atoms with Crippen molar-refractivity contribution in [3.63, 3.8) is 0 Å². The molecule has 1 aliphatic heterocycles. The quantitative estimate of drug-likeness (QED) is 0.454. The summed E-state index contributed by atoms with van der Waals surface area (Å²) < 4.78 is 53.2. The fraction of sp³-hybridized carbons (Fsp3) is 0.167. The van der Waals surface area contributed by atoms with Crippen LogP contribution < -0.4 is 9.62 Å². The summed E-state index contributed by atoms with van der Waals surface area (Å²) in [5.74, 6) is -1.56. The van der Waals surface area contributed by atoms with Crippen molar-refractivity contribution in [2.24, 2.45) is 0 Å². The Bertz CT molecular complexity index is 1520. The topological polar surface area (TPSA) is 141 Å². The van der Waals surface area contributed by atoms with E-state index in [0.717, 1.165) is 9.87 Å². The lowest BCUT2D eigenvalue weighted by Crippen LogP contribution is -2.37. The Kier molecular flexibility index (Phi) is 6.85. The van der Waals surface area contributed by atoms with Crippen LogP contribution >= 0.6 is 0 Å². The standard InChI is InChI=1S/C24H23N3O7S2/c1-17-6-10-19(11-7-17)26(14-15-28)35(31,32)20-12-8-18(9-13-20)25-23(29)16-27-24(30)21-4-2-3-5-22(21)36(27,33)34/h2-13,28H,14-16H2,1H3,(H,25,29). The highest BCUT2D eigenvalue weighted by molar-refractivity contribution is 7.92. The van der Waals surface area contributed by atoms with Crippen molar-refractivity contribution in [3.8, 4) is 0 Å². The summed E-state index contributed by atoms with van der Waals surface area (Å²) in [6.45, 7) is 0.608. The number of nitrogens with one attached hydrogen (secondary N) is 1. The Hall–Kier alpha value is -3.74. The molecule has 1 aliphatic rings. The molecule has 0 unspecified atom stereocenters. The van der Waals surface area contributed by atoms with Crippen molar-refractivity contribution in [2.75, 3.05) is 29.3 Å². The monoisotopic (exact) mass is 529 g/mol. The van der Waals surface area contributed by atoms with E-state index in [4.69, 9.17) is 0 Å². The first kappa shape index (κ1) is 25.4. The number of nitrogens with zero attached hydrogens (tertiary/aromatic N) is 2. The highest BCUT2D eigenvalue weighted by atomic mass is 32.2. The average molecular weight is 530 g/mol. The first-order chi connectivity index (χ1) is 17.1. The van der Waals surface area contributed by atoms with Gasteiger partial charge in [-0.05, 0) is 55.5 Å². The third kappa shape index (κ3) is 4.70. The van der Waals surface area contributed by atoms with Crippen molar-refractivity contribution < 1.29 is 31.5 Å². The second kappa shape index (κ2) is 9.72. The predicted molar refractivity (Wildman–Crippen MR) is 133 cm³/mol. The van der Waals surface area contributed by atoms with Gasteiger partial charge in [0.25, 0.3) is 26.0 Å². The fourth-order valence-corrected chi connectivity index (χ4v) is 6.73. The summed E-state index contributed by atoms with van der Waals surface area (Å²) in [6.07, 6.45) is 0. The summed E-state index contributed by atoms with van der Waals surface area (Å²) >= 11 is 0. The van der Waals surface area contributed by atoms with E-state index in [2.05, 4.69) is 5.32 Å². The first-order valence-electron chi connectivity index (χ1n) is 10.8. The van der Waals surface area contributed by atoms with Crippen LogP contribution in [0.5, 0.6) is 0 Å². The fourth-order valence-electron chi connectivity index (χ4n) is 3.75. The molecule has 0 aliphatic carbocycles. The molecular weight excluding hydrogens is 506 g/mol. The van der Waals surface area contributed by atoms with Crippen LogP contribution in [0, 0.1) is 6.92 Å². The molecule has 0 fully saturated rings. The van der Waals surface area contributed by atoms with Gasteiger partial charge >= 0.3 is 0 Å². The summed E-state index contributed by atoms with van der Waals surface area (Å²) in [4.78, 5) is 24.8. The Balaban J connectivity index is 1.49. The Morgan fingerprint density at radius 1 is 1.00 bits per heavy atom. The minimum atomic E-state index is -4.14. The largest absolute Gasteiger partial charge is 0.394 e. The van der Waals surface area contributed by atoms with E-state index >= 15 is 0 Å². The number of amides is 2. The average Bonchev–Trinajstić information content (AvgIpc) is 3.04. The molecule has 2 N–H and O–H groups in total. The Morgan fingerprint density at radius 2 is 1.64 bits per heavy atom. The van der Waals surface area contributed by atoms with Gasteiger partial charge in [-0.3, -0.25) is 13.9 Å². The van der Waals surface area contributed by atoms with Gasteiger partial charge in [-0.1, -0.05) is 29.8 Å².